The first-order valence-electron chi connectivity index (χ1n) is 16.4. The Kier molecular flexibility index (Phi) is 12.4. The molecular formula is C34H58O3. The molecule has 3 heteroatoms. The summed E-state index contributed by atoms with van der Waals surface area (Å²) in [6.45, 7) is 11.4. The maximum Gasteiger partial charge on any atom is 0.135 e. The quantitative estimate of drug-likeness (QED) is 0.0804. The summed E-state index contributed by atoms with van der Waals surface area (Å²) in [5.41, 5.74) is 1.34. The first kappa shape index (κ1) is 29.2. The molecule has 4 fully saturated rings. The third-order valence-electron chi connectivity index (χ3n) is 10.7. The van der Waals surface area contributed by atoms with Gasteiger partial charge in [0.05, 0.1) is 6.10 Å². The van der Waals surface area contributed by atoms with Crippen LogP contribution in [0.15, 0.2) is 24.5 Å². The molecule has 0 radical (unpaired) electrons. The third-order valence-corrected chi connectivity index (χ3v) is 10.7. The van der Waals surface area contributed by atoms with Gasteiger partial charge in [-0.1, -0.05) is 51.3 Å². The van der Waals surface area contributed by atoms with Gasteiger partial charge < -0.3 is 9.62 Å². The van der Waals surface area contributed by atoms with Gasteiger partial charge in [0.1, 0.15) is 11.9 Å². The Morgan fingerprint density at radius 2 is 1.22 bits per heavy atom. The molecular weight excluding hydrogens is 456 g/mol. The molecule has 4 saturated carbocycles. The summed E-state index contributed by atoms with van der Waals surface area (Å²) >= 11 is 0. The molecule has 4 rings (SSSR count). The molecule has 0 saturated heterocycles. The average molecular weight is 515 g/mol. The lowest BCUT2D eigenvalue weighted by Gasteiger charge is -2.41. The summed E-state index contributed by atoms with van der Waals surface area (Å²) in [6, 6.07) is 0. The van der Waals surface area contributed by atoms with E-state index in [9.17, 15) is 0 Å². The molecule has 0 N–H and O–H groups in total. The Morgan fingerprint density at radius 3 is 1.78 bits per heavy atom. The Hall–Kier alpha value is -0.800. The van der Waals surface area contributed by atoms with Crippen LogP contribution in [0, 0.1) is 29.6 Å². The van der Waals surface area contributed by atoms with E-state index < -0.39 is 0 Å². The average Bonchev–Trinajstić information content (AvgIpc) is 2.95. The van der Waals surface area contributed by atoms with E-state index in [1.807, 2.05) is 0 Å². The van der Waals surface area contributed by atoms with Gasteiger partial charge in [-0.25, -0.2) is 0 Å². The minimum atomic E-state index is 0.205. The highest BCUT2D eigenvalue weighted by atomic mass is 17.2. The second kappa shape index (κ2) is 15.7. The number of hydrogen-bond acceptors (Lipinski definition) is 3. The van der Waals surface area contributed by atoms with Crippen molar-refractivity contribution in [3.8, 4) is 0 Å². The Balaban J connectivity index is 0.978. The van der Waals surface area contributed by atoms with Crippen LogP contribution in [0.25, 0.3) is 0 Å². The molecule has 0 bridgehead atoms. The lowest BCUT2D eigenvalue weighted by molar-refractivity contribution is -0.299. The maximum atomic E-state index is 6.29. The van der Waals surface area contributed by atoms with Crippen LogP contribution in [0.5, 0.6) is 0 Å². The molecule has 0 spiro atoms. The highest BCUT2D eigenvalue weighted by Crippen LogP contribution is 2.45. The Labute approximate surface area is 229 Å². The van der Waals surface area contributed by atoms with E-state index in [1.165, 1.54) is 95.5 Å². The van der Waals surface area contributed by atoms with Crippen LogP contribution in [0.3, 0.4) is 0 Å². The summed E-state index contributed by atoms with van der Waals surface area (Å²) in [5.74, 6) is 5.93. The van der Waals surface area contributed by atoms with Crippen LogP contribution < -0.4 is 0 Å². The fourth-order valence-electron chi connectivity index (χ4n) is 8.01. The monoisotopic (exact) mass is 514 g/mol. The van der Waals surface area contributed by atoms with Crippen molar-refractivity contribution < 1.29 is 14.5 Å². The van der Waals surface area contributed by atoms with E-state index in [1.54, 1.807) is 0 Å². The normalized spacial score (nSPS) is 33.8. The second-order valence-corrected chi connectivity index (χ2v) is 13.2. The number of hydrogen-bond donors (Lipinski definition) is 0. The highest BCUT2D eigenvalue weighted by Gasteiger charge is 2.34. The second-order valence-electron chi connectivity index (χ2n) is 13.2. The lowest BCUT2D eigenvalue weighted by Crippen LogP contribution is -2.31. The van der Waals surface area contributed by atoms with Crippen LogP contribution in [-0.2, 0) is 14.5 Å². The van der Waals surface area contributed by atoms with Crippen LogP contribution in [0.2, 0.25) is 0 Å². The third kappa shape index (κ3) is 9.71. The molecule has 212 valence electrons. The Morgan fingerprint density at radius 1 is 0.676 bits per heavy atom. The molecule has 0 aromatic heterocycles. The van der Waals surface area contributed by atoms with E-state index in [0.717, 1.165) is 86.9 Å². The van der Waals surface area contributed by atoms with E-state index in [4.69, 9.17) is 14.5 Å². The molecule has 0 atom stereocenters. The van der Waals surface area contributed by atoms with Gasteiger partial charge in [-0.05, 0) is 132 Å². The molecule has 4 aliphatic carbocycles. The highest BCUT2D eigenvalue weighted by molar-refractivity contribution is 4.98. The number of allylic oxidation sites excluding steroid dienone is 2. The van der Waals surface area contributed by atoms with Gasteiger partial charge in [-0.15, -0.1) is 0 Å². The molecule has 0 heterocycles. The minimum Gasteiger partial charge on any atom is -0.378 e. The van der Waals surface area contributed by atoms with Crippen molar-refractivity contribution in [3.63, 3.8) is 0 Å². The SMILES string of the molecule is C=C1CCC(OOC(=C)CCCCCOC2CCC(C3CCC(C4CCC(CC)CC4)CC3)CC2)CC1. The fraction of sp³-hybridized carbons (Fsp3) is 0.882. The van der Waals surface area contributed by atoms with Crippen molar-refractivity contribution in [2.75, 3.05) is 6.61 Å². The summed E-state index contributed by atoms with van der Waals surface area (Å²) in [5, 5.41) is 0. The Bertz CT molecular complexity index is 653. The zero-order valence-electron chi connectivity index (χ0n) is 24.2. The number of unbranched alkanes of at least 4 members (excludes halogenated alkanes) is 2. The van der Waals surface area contributed by atoms with Gasteiger partial charge in [0.15, 0.2) is 0 Å². The van der Waals surface area contributed by atoms with E-state index in [-0.39, 0.29) is 6.10 Å². The summed E-state index contributed by atoms with van der Waals surface area (Å²) in [7, 11) is 0. The van der Waals surface area contributed by atoms with Gasteiger partial charge in [0.2, 0.25) is 0 Å². The van der Waals surface area contributed by atoms with Gasteiger partial charge >= 0.3 is 0 Å². The maximum absolute atomic E-state index is 6.29. The largest absolute Gasteiger partial charge is 0.378 e. The molecule has 37 heavy (non-hydrogen) atoms. The molecule has 0 aromatic rings. The molecule has 0 unspecified atom stereocenters. The van der Waals surface area contributed by atoms with Crippen molar-refractivity contribution >= 4 is 0 Å². The number of ether oxygens (including phenoxy) is 1. The molecule has 0 aromatic carbocycles. The molecule has 0 amide bonds. The standard InChI is InChI=1S/C34H58O3/c1-4-28-11-13-29(14-12-28)30-15-17-31(18-16-30)32-19-23-33(24-20-32)35-25-7-5-6-8-27(3)36-37-34-21-9-26(2)10-22-34/h28-34H,2-25H2,1H3. The predicted molar refractivity (Wildman–Crippen MR) is 154 cm³/mol. The lowest BCUT2D eigenvalue weighted by atomic mass is 9.65. The van der Waals surface area contributed by atoms with Crippen LogP contribution >= 0.6 is 0 Å². The predicted octanol–water partition coefficient (Wildman–Crippen LogP) is 10.1. The van der Waals surface area contributed by atoms with E-state index in [2.05, 4.69) is 20.1 Å². The van der Waals surface area contributed by atoms with Crippen molar-refractivity contribution in [1.29, 1.82) is 0 Å². The molecule has 0 aliphatic heterocycles. The van der Waals surface area contributed by atoms with Gasteiger partial charge in [-0.3, -0.25) is 0 Å². The van der Waals surface area contributed by atoms with Gasteiger partial charge in [0, 0.05) is 13.0 Å². The first-order chi connectivity index (χ1) is 18.1. The fourth-order valence-corrected chi connectivity index (χ4v) is 8.01. The zero-order valence-corrected chi connectivity index (χ0v) is 24.2. The topological polar surface area (TPSA) is 27.7 Å². The van der Waals surface area contributed by atoms with Crippen LogP contribution in [0.1, 0.15) is 142 Å². The van der Waals surface area contributed by atoms with Crippen molar-refractivity contribution in [2.45, 2.75) is 154 Å². The number of rotatable bonds is 13. The van der Waals surface area contributed by atoms with Crippen molar-refractivity contribution in [3.05, 3.63) is 24.5 Å². The zero-order chi connectivity index (χ0) is 25.9. The minimum absolute atomic E-state index is 0.205. The molecule has 3 nitrogen and oxygen atoms in total. The van der Waals surface area contributed by atoms with Crippen molar-refractivity contribution in [2.24, 2.45) is 29.6 Å². The van der Waals surface area contributed by atoms with Crippen molar-refractivity contribution in [1.82, 2.24) is 0 Å². The molecule has 4 aliphatic rings. The van der Waals surface area contributed by atoms with Gasteiger partial charge in [0.25, 0.3) is 0 Å². The van der Waals surface area contributed by atoms with Crippen LogP contribution in [-0.4, -0.2) is 18.8 Å². The summed E-state index contributed by atoms with van der Waals surface area (Å²) in [4.78, 5) is 11.0. The first-order valence-corrected chi connectivity index (χ1v) is 16.4. The van der Waals surface area contributed by atoms with E-state index in [0.29, 0.717) is 6.10 Å². The summed E-state index contributed by atoms with van der Waals surface area (Å²) < 4.78 is 6.29. The van der Waals surface area contributed by atoms with Crippen LogP contribution in [0.4, 0.5) is 0 Å². The summed E-state index contributed by atoms with van der Waals surface area (Å²) in [6.07, 6.45) is 28.2. The van der Waals surface area contributed by atoms with Gasteiger partial charge in [-0.2, -0.15) is 4.89 Å². The smallest absolute Gasteiger partial charge is 0.135 e. The van der Waals surface area contributed by atoms with E-state index >= 15 is 0 Å².